The third kappa shape index (κ3) is 2.86. The van der Waals surface area contributed by atoms with Crippen molar-refractivity contribution in [3.05, 3.63) is 65.7 Å². The molecule has 0 atom stereocenters. The monoisotopic (exact) mass is 334 g/mol. The Morgan fingerprint density at radius 1 is 0.909 bits per heavy atom. The molecule has 6 heteroatoms. The predicted molar refractivity (Wildman–Crippen MR) is 84.9 cm³/mol. The molecule has 4 nitrogen and oxygen atoms in total. The van der Waals surface area contributed by atoms with Gasteiger partial charge >= 0.3 is 10.1 Å². The Kier molecular flexibility index (Phi) is 3.68. The van der Waals surface area contributed by atoms with E-state index in [-0.39, 0.29) is 21.4 Å². The van der Waals surface area contributed by atoms with Crippen molar-refractivity contribution in [1.82, 2.24) is 0 Å². The van der Waals surface area contributed by atoms with E-state index < -0.39 is 10.1 Å². The number of fused-ring (bicyclic) bond motifs is 1. The lowest BCUT2D eigenvalue weighted by Gasteiger charge is -2.08. The zero-order valence-electron chi connectivity index (χ0n) is 11.2. The molecule has 3 aromatic rings. The molecule has 0 aliphatic carbocycles. The Hall–Kier alpha value is -2.24. The summed E-state index contributed by atoms with van der Waals surface area (Å²) in [5.74, 6) is 0.0224. The molecule has 0 aliphatic rings. The van der Waals surface area contributed by atoms with Crippen LogP contribution in [0.15, 0.2) is 65.6 Å². The first-order valence-electron chi connectivity index (χ1n) is 6.37. The summed E-state index contributed by atoms with van der Waals surface area (Å²) in [6.07, 6.45) is 0. The molecule has 0 aromatic heterocycles. The van der Waals surface area contributed by atoms with E-state index in [0.717, 1.165) is 16.8 Å². The van der Waals surface area contributed by atoms with Crippen LogP contribution in [0.5, 0.6) is 11.5 Å². The molecule has 0 aliphatic heterocycles. The summed E-state index contributed by atoms with van der Waals surface area (Å²) < 4.78 is 29.6. The van der Waals surface area contributed by atoms with Crippen LogP contribution in [0.25, 0.3) is 10.8 Å². The molecule has 0 fully saturated rings. The molecule has 0 heterocycles. The van der Waals surface area contributed by atoms with Gasteiger partial charge in [-0.25, -0.2) is 0 Å². The molecular weight excluding hydrogens is 324 g/mol. The Balaban J connectivity index is 1.97. The number of halogens is 1. The summed E-state index contributed by atoms with van der Waals surface area (Å²) in [6.45, 7) is 0. The van der Waals surface area contributed by atoms with E-state index in [9.17, 15) is 13.5 Å². The molecule has 112 valence electrons. The van der Waals surface area contributed by atoms with Crippen molar-refractivity contribution < 1.29 is 17.7 Å². The van der Waals surface area contributed by atoms with Crippen molar-refractivity contribution in [2.24, 2.45) is 0 Å². The van der Waals surface area contributed by atoms with Crippen LogP contribution in [-0.2, 0) is 10.1 Å². The quantitative estimate of drug-likeness (QED) is 0.736. The van der Waals surface area contributed by atoms with E-state index in [4.69, 9.17) is 15.8 Å². The molecule has 0 bridgehead atoms. The van der Waals surface area contributed by atoms with Gasteiger partial charge in [-0.1, -0.05) is 41.9 Å². The number of aromatic hydroxyl groups is 1. The highest BCUT2D eigenvalue weighted by molar-refractivity contribution is 7.87. The van der Waals surface area contributed by atoms with Gasteiger partial charge in [-0.2, -0.15) is 8.42 Å². The Labute approximate surface area is 132 Å². The third-order valence-electron chi connectivity index (χ3n) is 3.13. The number of rotatable bonds is 3. The van der Waals surface area contributed by atoms with Gasteiger partial charge in [0, 0.05) is 0 Å². The normalized spacial score (nSPS) is 11.5. The Bertz CT molecular complexity index is 951. The largest absolute Gasteiger partial charge is 0.506 e. The topological polar surface area (TPSA) is 63.6 Å². The van der Waals surface area contributed by atoms with Gasteiger partial charge in [-0.3, -0.25) is 0 Å². The highest BCUT2D eigenvalue weighted by Gasteiger charge is 2.18. The second kappa shape index (κ2) is 5.51. The van der Waals surface area contributed by atoms with Crippen LogP contribution >= 0.6 is 11.6 Å². The lowest BCUT2D eigenvalue weighted by molar-refractivity contribution is 0.473. The number of hydrogen-bond donors (Lipinski definition) is 1. The zero-order chi connectivity index (χ0) is 15.7. The Morgan fingerprint density at radius 2 is 1.64 bits per heavy atom. The van der Waals surface area contributed by atoms with Crippen LogP contribution in [0.3, 0.4) is 0 Å². The number of benzene rings is 3. The van der Waals surface area contributed by atoms with Crippen molar-refractivity contribution in [2.45, 2.75) is 4.90 Å². The molecule has 3 aromatic carbocycles. The fourth-order valence-electron chi connectivity index (χ4n) is 2.04. The van der Waals surface area contributed by atoms with E-state index in [1.807, 2.05) is 24.3 Å². The molecule has 0 radical (unpaired) electrons. The van der Waals surface area contributed by atoms with Gasteiger partial charge in [0.2, 0.25) is 0 Å². The molecule has 0 spiro atoms. The summed E-state index contributed by atoms with van der Waals surface area (Å²) >= 11 is 5.73. The summed E-state index contributed by atoms with van der Waals surface area (Å²) in [7, 11) is -4.02. The lowest BCUT2D eigenvalue weighted by Crippen LogP contribution is -2.09. The molecule has 0 amide bonds. The van der Waals surface area contributed by atoms with Crippen molar-refractivity contribution in [2.75, 3.05) is 0 Å². The van der Waals surface area contributed by atoms with Crippen molar-refractivity contribution in [3.8, 4) is 11.5 Å². The van der Waals surface area contributed by atoms with Crippen molar-refractivity contribution >= 4 is 32.5 Å². The first kappa shape index (κ1) is 14.7. The van der Waals surface area contributed by atoms with Gasteiger partial charge in [0.1, 0.15) is 16.4 Å². The van der Waals surface area contributed by atoms with Gasteiger partial charge in [0.25, 0.3) is 0 Å². The zero-order valence-corrected chi connectivity index (χ0v) is 12.8. The third-order valence-corrected chi connectivity index (χ3v) is 4.68. The first-order chi connectivity index (χ1) is 10.5. The first-order valence-corrected chi connectivity index (χ1v) is 8.16. The second-order valence-electron chi connectivity index (χ2n) is 4.66. The van der Waals surface area contributed by atoms with E-state index in [1.165, 1.54) is 12.1 Å². The highest BCUT2D eigenvalue weighted by atomic mass is 35.5. The molecule has 0 unspecified atom stereocenters. The van der Waals surface area contributed by atoms with Crippen LogP contribution in [0.2, 0.25) is 5.02 Å². The van der Waals surface area contributed by atoms with Crippen molar-refractivity contribution in [1.29, 1.82) is 0 Å². The van der Waals surface area contributed by atoms with Crippen LogP contribution in [-0.4, -0.2) is 13.5 Å². The van der Waals surface area contributed by atoms with Gasteiger partial charge in [0.05, 0.1) is 5.02 Å². The van der Waals surface area contributed by atoms with E-state index in [1.54, 1.807) is 18.2 Å². The molecule has 0 saturated carbocycles. The van der Waals surface area contributed by atoms with E-state index in [2.05, 4.69) is 0 Å². The number of hydrogen-bond acceptors (Lipinski definition) is 4. The Morgan fingerprint density at radius 3 is 2.36 bits per heavy atom. The fraction of sp³-hybridized carbons (Fsp3) is 0. The number of phenolic OH excluding ortho intramolecular Hbond substituents is 1. The fourth-order valence-corrected chi connectivity index (χ4v) is 3.23. The molecular formula is C16H11ClO4S. The van der Waals surface area contributed by atoms with Crippen LogP contribution in [0, 0.1) is 0 Å². The maximum Gasteiger partial charge on any atom is 0.339 e. The van der Waals surface area contributed by atoms with E-state index >= 15 is 0 Å². The van der Waals surface area contributed by atoms with Gasteiger partial charge in [-0.15, -0.1) is 0 Å². The average molecular weight is 335 g/mol. The van der Waals surface area contributed by atoms with Gasteiger partial charge < -0.3 is 9.29 Å². The molecule has 22 heavy (non-hydrogen) atoms. The van der Waals surface area contributed by atoms with Gasteiger partial charge in [0.15, 0.2) is 0 Å². The molecule has 0 saturated heterocycles. The second-order valence-corrected chi connectivity index (χ2v) is 6.61. The van der Waals surface area contributed by atoms with Gasteiger partial charge in [-0.05, 0) is 41.1 Å². The standard InChI is InChI=1S/C16H11ClO4S/c17-15-10-14(7-8-16(15)18)22(19,20)21-13-6-5-11-3-1-2-4-12(11)9-13/h1-10,18H. The van der Waals surface area contributed by atoms with Crippen LogP contribution in [0.4, 0.5) is 0 Å². The minimum Gasteiger partial charge on any atom is -0.506 e. The lowest BCUT2D eigenvalue weighted by atomic mass is 10.1. The van der Waals surface area contributed by atoms with Crippen LogP contribution in [0.1, 0.15) is 0 Å². The summed E-state index contributed by atoms with van der Waals surface area (Å²) in [6, 6.07) is 16.2. The average Bonchev–Trinajstić information content (AvgIpc) is 2.49. The smallest absolute Gasteiger partial charge is 0.339 e. The summed E-state index contributed by atoms with van der Waals surface area (Å²) in [5, 5.41) is 11.2. The minimum atomic E-state index is -4.02. The number of phenols is 1. The van der Waals surface area contributed by atoms with E-state index in [0.29, 0.717) is 0 Å². The molecule has 3 rings (SSSR count). The highest BCUT2D eigenvalue weighted by Crippen LogP contribution is 2.28. The predicted octanol–water partition coefficient (Wildman–Crippen LogP) is 3.97. The molecule has 1 N–H and O–H groups in total. The van der Waals surface area contributed by atoms with Crippen molar-refractivity contribution in [3.63, 3.8) is 0 Å². The van der Waals surface area contributed by atoms with Crippen LogP contribution < -0.4 is 4.18 Å². The minimum absolute atomic E-state index is 0.0526. The summed E-state index contributed by atoms with van der Waals surface area (Å²) in [4.78, 5) is -0.122. The maximum absolute atomic E-state index is 12.2. The SMILES string of the molecule is O=S(=O)(Oc1ccc2ccccc2c1)c1ccc(O)c(Cl)c1. The maximum atomic E-state index is 12.2. The summed E-state index contributed by atoms with van der Waals surface area (Å²) in [5.41, 5.74) is 0.